The van der Waals surface area contributed by atoms with E-state index in [0.29, 0.717) is 0 Å². The van der Waals surface area contributed by atoms with Gasteiger partial charge in [-0.1, -0.05) is 146 Å². The highest BCUT2D eigenvalue weighted by molar-refractivity contribution is 5.64. The zero-order valence-corrected chi connectivity index (χ0v) is 40.6. The molecule has 0 radical (unpaired) electrons. The largest absolute Gasteiger partial charge is 1.00 e. The third-order valence-electron chi connectivity index (χ3n) is 12.4. The Morgan fingerprint density at radius 2 is 0.412 bits per heavy atom. The maximum absolute atomic E-state index is 2.26. The molecule has 0 unspecified atom stereocenters. The smallest absolute Gasteiger partial charge is 0.244 e. The first-order valence-corrected chi connectivity index (χ1v) is 22.3. The predicted molar refractivity (Wildman–Crippen MR) is 248 cm³/mol. The molecule has 26 rings (SSSR count). The molecule has 6 aromatic carbocycles. The van der Waals surface area contributed by atoms with Gasteiger partial charge >= 0.3 is 0 Å². The SMILES string of the molecule is [Cl-].[Cl-].[Cl-].[Cl-].c1cc2ccc1Cn1cc[n+](c1)Cc1ccc(cc1)-c1ccc(cc1)C[n+]1ccn(c1)Cc1ccc(cc1)Cn1cc[n+](c1)Cc1ccc(cc1)-c1ccc(cc1)C[n+]1ccn(c1)C2. The van der Waals surface area contributed by atoms with Crippen molar-refractivity contribution in [3.63, 3.8) is 0 Å². The van der Waals surface area contributed by atoms with Crippen molar-refractivity contribution in [3.8, 4) is 22.3 Å². The van der Waals surface area contributed by atoms with Crippen LogP contribution in [0.25, 0.3) is 22.3 Å². The van der Waals surface area contributed by atoms with Gasteiger partial charge in [0, 0.05) is 0 Å². The number of hydrogen-bond acceptors (Lipinski definition) is 0. The molecule has 4 aromatic heterocycles. The molecular formula is C56H52Cl4N8. The van der Waals surface area contributed by atoms with Crippen molar-refractivity contribution in [2.75, 3.05) is 0 Å². The Morgan fingerprint density at radius 1 is 0.235 bits per heavy atom. The van der Waals surface area contributed by atoms with E-state index in [1.807, 2.05) is 0 Å². The number of aromatic nitrogens is 8. The lowest BCUT2D eigenvalue weighted by molar-refractivity contribution is -0.688. The van der Waals surface area contributed by atoms with E-state index in [9.17, 15) is 0 Å². The summed E-state index contributed by atoms with van der Waals surface area (Å²) < 4.78 is 18.0. The Balaban J connectivity index is 0.00000171. The molecular weight excluding hydrogens is 926 g/mol. The molecule has 68 heavy (non-hydrogen) atoms. The first-order valence-electron chi connectivity index (χ1n) is 22.3. The van der Waals surface area contributed by atoms with E-state index in [-0.39, 0.29) is 49.6 Å². The number of halogens is 4. The lowest BCUT2D eigenvalue weighted by Crippen LogP contribution is -3.00. The molecule has 0 saturated heterocycles. The number of hydrogen-bond donors (Lipinski definition) is 0. The number of benzene rings is 6. The summed E-state index contributed by atoms with van der Waals surface area (Å²) in [6.45, 7) is 6.67. The minimum Gasteiger partial charge on any atom is -1.00 e. The molecule has 16 aliphatic heterocycles. The van der Waals surface area contributed by atoms with Crippen molar-refractivity contribution in [1.82, 2.24) is 18.3 Å². The van der Waals surface area contributed by atoms with E-state index in [1.54, 1.807) is 0 Å². The second-order valence-electron chi connectivity index (χ2n) is 17.5. The lowest BCUT2D eigenvalue weighted by Gasteiger charge is -2.05. The monoisotopic (exact) mass is 976 g/mol. The normalized spacial score (nSPS) is 12.4. The zero-order valence-electron chi connectivity index (χ0n) is 37.5. The fourth-order valence-corrected chi connectivity index (χ4v) is 8.90. The van der Waals surface area contributed by atoms with Crippen LogP contribution in [0.4, 0.5) is 0 Å². The van der Waals surface area contributed by atoms with E-state index >= 15 is 0 Å². The Kier molecular flexibility index (Phi) is 16.2. The van der Waals surface area contributed by atoms with Crippen LogP contribution in [-0.2, 0) is 52.4 Å². The van der Waals surface area contributed by atoms with Gasteiger partial charge in [0.15, 0.2) is 0 Å². The summed E-state index contributed by atoms with van der Waals surface area (Å²) in [6.07, 6.45) is 26.1. The fraction of sp³-hybridized carbons (Fsp3) is 0.143. The maximum atomic E-state index is 2.26. The molecule has 344 valence electrons. The molecule has 8 nitrogen and oxygen atoms in total. The fourth-order valence-electron chi connectivity index (χ4n) is 8.90. The number of nitrogens with zero attached hydrogens (tertiary/aromatic N) is 8. The van der Waals surface area contributed by atoms with Crippen molar-refractivity contribution < 1.29 is 67.9 Å². The number of imidazole rings is 4. The number of rotatable bonds is 0. The van der Waals surface area contributed by atoms with Crippen molar-refractivity contribution in [2.45, 2.75) is 52.4 Å². The van der Waals surface area contributed by atoms with Crippen LogP contribution in [0.15, 0.2) is 220 Å². The van der Waals surface area contributed by atoms with Crippen LogP contribution >= 0.6 is 0 Å². The van der Waals surface area contributed by atoms with Crippen LogP contribution in [0.1, 0.15) is 44.5 Å². The standard InChI is InChI=1S/C56H52N8.4ClH/c1-2-46-4-3-45(1)33-57-25-29-61(41-57)37-49-9-17-53(18-10-49)55-21-13-51(14-22-55)39-63-31-27-59(43-63)35-47-5-7-48(8-6-47)36-60-28-32-64(44-60)40-52-15-23-56(24-16-52)54-19-11-50(12-20-54)38-62-30-26-58(34-46)42-62;;;;/h1-32,41-44H,33-40H2;4*1H/q+4;;;;/p-4. The third kappa shape index (κ3) is 12.1. The van der Waals surface area contributed by atoms with Gasteiger partial charge in [0.2, 0.25) is 25.3 Å². The predicted octanol–water partition coefficient (Wildman–Crippen LogP) is -3.91. The summed E-state index contributed by atoms with van der Waals surface area (Å²) in [5.41, 5.74) is 15.2. The third-order valence-corrected chi connectivity index (χ3v) is 12.4. The summed E-state index contributed by atoms with van der Waals surface area (Å²) in [6, 6.07) is 53.9. The molecule has 0 atom stereocenters. The van der Waals surface area contributed by atoms with Crippen LogP contribution in [0.5, 0.6) is 0 Å². The molecule has 10 aromatic rings. The van der Waals surface area contributed by atoms with Gasteiger partial charge in [-0.3, -0.25) is 0 Å². The van der Waals surface area contributed by atoms with E-state index in [4.69, 9.17) is 0 Å². The Morgan fingerprint density at radius 3 is 0.603 bits per heavy atom. The van der Waals surface area contributed by atoms with Crippen molar-refractivity contribution in [2.24, 2.45) is 0 Å². The van der Waals surface area contributed by atoms with Gasteiger partial charge in [0.1, 0.15) is 102 Å². The van der Waals surface area contributed by atoms with E-state index in [1.165, 1.54) is 66.8 Å². The highest BCUT2D eigenvalue weighted by atomic mass is 35.5. The summed E-state index contributed by atoms with van der Waals surface area (Å²) >= 11 is 0. The lowest BCUT2D eigenvalue weighted by atomic mass is 10.0. The molecule has 0 N–H and O–H groups in total. The molecule has 16 aliphatic rings. The minimum atomic E-state index is 0. The molecule has 0 aliphatic carbocycles. The Hall–Kier alpha value is -6.68. The van der Waals surface area contributed by atoms with Crippen molar-refractivity contribution in [3.05, 3.63) is 265 Å². The maximum Gasteiger partial charge on any atom is 0.244 e. The summed E-state index contributed by atoms with van der Waals surface area (Å²) in [4.78, 5) is 0. The first-order chi connectivity index (χ1) is 31.5. The van der Waals surface area contributed by atoms with Gasteiger partial charge in [-0.2, -0.15) is 0 Å². The molecule has 0 spiro atoms. The van der Waals surface area contributed by atoms with Crippen LogP contribution < -0.4 is 67.9 Å². The minimum absolute atomic E-state index is 0. The second kappa shape index (κ2) is 22.4. The summed E-state index contributed by atoms with van der Waals surface area (Å²) in [7, 11) is 0. The topological polar surface area (TPSA) is 35.2 Å². The molecule has 20 heterocycles. The highest BCUT2D eigenvalue weighted by Crippen LogP contribution is 2.22. The van der Waals surface area contributed by atoms with Gasteiger partial charge in [-0.05, 0) is 66.8 Å². The van der Waals surface area contributed by atoms with Gasteiger partial charge in [-0.25, -0.2) is 36.5 Å². The van der Waals surface area contributed by atoms with Gasteiger partial charge in [0.25, 0.3) is 0 Å². The Bertz CT molecular complexity index is 2700. The van der Waals surface area contributed by atoms with E-state index in [2.05, 4.69) is 257 Å². The summed E-state index contributed by atoms with van der Waals surface area (Å²) in [5, 5.41) is 0. The summed E-state index contributed by atoms with van der Waals surface area (Å²) in [5.74, 6) is 0. The molecule has 12 heteroatoms. The van der Waals surface area contributed by atoms with Crippen LogP contribution in [-0.4, -0.2) is 18.3 Å². The van der Waals surface area contributed by atoms with Crippen LogP contribution in [0, 0.1) is 0 Å². The molecule has 0 amide bonds. The average molecular weight is 979 g/mol. The highest BCUT2D eigenvalue weighted by Gasteiger charge is 2.12. The van der Waals surface area contributed by atoms with Crippen molar-refractivity contribution in [1.29, 1.82) is 0 Å². The van der Waals surface area contributed by atoms with E-state index < -0.39 is 0 Å². The van der Waals surface area contributed by atoms with Crippen molar-refractivity contribution >= 4 is 0 Å². The molecule has 0 saturated carbocycles. The average Bonchev–Trinajstić information content (AvgIpc) is 4.16. The van der Waals surface area contributed by atoms with Gasteiger partial charge in [-0.15, -0.1) is 0 Å². The van der Waals surface area contributed by atoms with E-state index in [0.717, 1.165) is 52.4 Å². The first kappa shape index (κ1) is 49.2. The van der Waals surface area contributed by atoms with Crippen LogP contribution in [0.2, 0.25) is 0 Å². The van der Waals surface area contributed by atoms with Gasteiger partial charge < -0.3 is 49.6 Å². The Labute approximate surface area is 423 Å². The molecule has 20 bridgehead atoms. The second-order valence-corrected chi connectivity index (χ2v) is 17.5. The quantitative estimate of drug-likeness (QED) is 0.140. The molecule has 0 fully saturated rings. The van der Waals surface area contributed by atoms with Gasteiger partial charge in [0.05, 0.1) is 0 Å². The zero-order chi connectivity index (χ0) is 42.7. The van der Waals surface area contributed by atoms with Crippen LogP contribution in [0.3, 0.4) is 0 Å².